The van der Waals surface area contributed by atoms with Gasteiger partial charge in [0, 0.05) is 17.8 Å². The molecule has 3 heterocycles. The first-order chi connectivity index (χ1) is 18.4. The minimum absolute atomic E-state index is 0.0821. The van der Waals surface area contributed by atoms with Crippen molar-refractivity contribution in [3.8, 4) is 16.9 Å². The summed E-state index contributed by atoms with van der Waals surface area (Å²) in [4.78, 5) is 30.6. The highest BCUT2D eigenvalue weighted by Crippen LogP contribution is 2.32. The number of rotatable bonds is 7. The number of hydrogen-bond donors (Lipinski definition) is 4. The van der Waals surface area contributed by atoms with Crippen molar-refractivity contribution in [2.24, 2.45) is 0 Å². The summed E-state index contributed by atoms with van der Waals surface area (Å²) in [7, 11) is 0. The van der Waals surface area contributed by atoms with Crippen molar-refractivity contribution < 1.29 is 9.59 Å². The zero-order valence-electron chi connectivity index (χ0n) is 19.7. The van der Waals surface area contributed by atoms with Gasteiger partial charge in [-0.05, 0) is 36.4 Å². The van der Waals surface area contributed by atoms with Crippen LogP contribution < -0.4 is 16.4 Å². The van der Waals surface area contributed by atoms with E-state index in [-0.39, 0.29) is 28.6 Å². The first kappa shape index (κ1) is 25.0. The smallest absolute Gasteiger partial charge is 0.272 e. The first-order valence-electron chi connectivity index (χ1n) is 11.3. The van der Waals surface area contributed by atoms with E-state index in [0.717, 1.165) is 0 Å². The van der Waals surface area contributed by atoms with Gasteiger partial charge in [-0.2, -0.15) is 10.2 Å². The Kier molecular flexibility index (Phi) is 7.07. The third kappa shape index (κ3) is 5.22. The number of nitrogens with zero attached hydrogens (tertiary/aromatic N) is 4. The lowest BCUT2D eigenvalue weighted by molar-refractivity contribution is 0.0944. The maximum absolute atomic E-state index is 13.4. The van der Waals surface area contributed by atoms with Crippen molar-refractivity contribution in [1.82, 2.24) is 30.3 Å². The van der Waals surface area contributed by atoms with Gasteiger partial charge in [-0.25, -0.2) is 4.68 Å². The molecule has 5 N–H and O–H groups in total. The maximum atomic E-state index is 13.4. The molecule has 10 nitrogen and oxygen atoms in total. The molecule has 0 saturated heterocycles. The Labute approximate surface area is 226 Å². The van der Waals surface area contributed by atoms with Crippen LogP contribution in [0.2, 0.25) is 10.0 Å². The van der Waals surface area contributed by atoms with Gasteiger partial charge in [-0.3, -0.25) is 19.7 Å². The number of para-hydroxylation sites is 1. The van der Waals surface area contributed by atoms with E-state index in [1.165, 1.54) is 23.0 Å². The van der Waals surface area contributed by atoms with Crippen LogP contribution in [0.3, 0.4) is 0 Å². The van der Waals surface area contributed by atoms with Gasteiger partial charge < -0.3 is 16.4 Å². The summed E-state index contributed by atoms with van der Waals surface area (Å²) >= 11 is 12.8. The Morgan fingerprint density at radius 3 is 2.47 bits per heavy atom. The van der Waals surface area contributed by atoms with Crippen LogP contribution in [0.1, 0.15) is 26.5 Å². The third-order valence-corrected chi connectivity index (χ3v) is 6.23. The lowest BCUT2D eigenvalue weighted by Gasteiger charge is -2.12. The molecule has 0 aliphatic carbocycles. The fourth-order valence-corrected chi connectivity index (χ4v) is 4.26. The number of amides is 2. The van der Waals surface area contributed by atoms with E-state index in [9.17, 15) is 9.59 Å². The molecule has 190 valence electrons. The molecular formula is C26H20Cl2N8O2. The van der Waals surface area contributed by atoms with Gasteiger partial charge in [-0.15, -0.1) is 0 Å². The van der Waals surface area contributed by atoms with Crippen LogP contribution in [0.4, 0.5) is 11.5 Å². The topological polar surface area (TPSA) is 144 Å². The second-order valence-corrected chi connectivity index (χ2v) is 8.94. The summed E-state index contributed by atoms with van der Waals surface area (Å²) in [5.41, 5.74) is 8.85. The van der Waals surface area contributed by atoms with Crippen LogP contribution >= 0.6 is 23.2 Å². The number of nitrogens with one attached hydrogen (secondary N) is 3. The maximum Gasteiger partial charge on any atom is 0.272 e. The van der Waals surface area contributed by atoms with Crippen LogP contribution in [0, 0.1) is 0 Å². The number of nitrogen functional groups attached to an aromatic ring is 1. The van der Waals surface area contributed by atoms with E-state index < -0.39 is 11.8 Å². The number of benzene rings is 2. The predicted octanol–water partition coefficient (Wildman–Crippen LogP) is 4.73. The van der Waals surface area contributed by atoms with Gasteiger partial charge >= 0.3 is 0 Å². The molecule has 5 rings (SSSR count). The SMILES string of the molecule is Nc1cn[nH]c1CNC(=O)c1cc(NC(=O)c2cc(-c3ccccn3)c(Cl)cc2Cl)n(-c2ccccc2)n1. The molecule has 0 radical (unpaired) electrons. The fraction of sp³-hybridized carbons (Fsp3) is 0.0385. The molecule has 2 aromatic carbocycles. The Morgan fingerprint density at radius 2 is 1.76 bits per heavy atom. The first-order valence-corrected chi connectivity index (χ1v) is 12.1. The molecule has 0 atom stereocenters. The quantitative estimate of drug-likeness (QED) is 0.232. The molecule has 3 aromatic heterocycles. The fourth-order valence-electron chi connectivity index (χ4n) is 3.70. The summed E-state index contributed by atoms with van der Waals surface area (Å²) in [6, 6.07) is 19.0. The molecule has 0 unspecified atom stereocenters. The predicted molar refractivity (Wildman–Crippen MR) is 145 cm³/mol. The molecule has 0 aliphatic rings. The standard InChI is InChI=1S/C26H20Cl2N8O2/c27-18-11-19(28)17(10-16(18)21-8-4-5-9-30-21)25(37)33-24-12-22(35-36(24)15-6-2-1-3-7-15)26(38)31-14-23-20(29)13-32-34-23/h1-13H,14,29H2,(H,31,38)(H,32,34)(H,33,37). The molecule has 12 heteroatoms. The number of halogens is 2. The van der Waals surface area contributed by atoms with Crippen molar-refractivity contribution in [1.29, 1.82) is 0 Å². The normalized spacial score (nSPS) is 10.8. The summed E-state index contributed by atoms with van der Waals surface area (Å²) in [5, 5.41) is 17.1. The summed E-state index contributed by atoms with van der Waals surface area (Å²) < 4.78 is 1.46. The number of H-pyrrole nitrogens is 1. The van der Waals surface area contributed by atoms with Crippen LogP contribution in [0.15, 0.2) is 79.1 Å². The van der Waals surface area contributed by atoms with E-state index in [1.807, 2.05) is 24.3 Å². The van der Waals surface area contributed by atoms with Gasteiger partial charge in [0.15, 0.2) is 5.69 Å². The highest BCUT2D eigenvalue weighted by atomic mass is 35.5. The Balaban J connectivity index is 1.45. The number of aromatic amines is 1. The van der Waals surface area contributed by atoms with Gasteiger partial charge in [0.05, 0.1) is 51.1 Å². The number of anilines is 2. The average Bonchev–Trinajstić information content (AvgIpc) is 3.54. The van der Waals surface area contributed by atoms with Crippen molar-refractivity contribution in [3.05, 3.63) is 106 Å². The Hall–Kier alpha value is -4.67. The number of aromatic nitrogens is 5. The van der Waals surface area contributed by atoms with E-state index in [1.54, 1.807) is 36.5 Å². The second kappa shape index (κ2) is 10.8. The van der Waals surface area contributed by atoms with Crippen LogP contribution in [-0.4, -0.2) is 36.8 Å². The molecular weight excluding hydrogens is 527 g/mol. The summed E-state index contributed by atoms with van der Waals surface area (Å²) in [6.45, 7) is 0.126. The van der Waals surface area contributed by atoms with E-state index in [0.29, 0.717) is 33.3 Å². The molecule has 0 bridgehead atoms. The zero-order valence-corrected chi connectivity index (χ0v) is 21.2. The third-order valence-electron chi connectivity index (χ3n) is 5.60. The van der Waals surface area contributed by atoms with Crippen molar-refractivity contribution in [2.45, 2.75) is 6.54 Å². The lowest BCUT2D eigenvalue weighted by atomic mass is 10.1. The number of nitrogens with two attached hydrogens (primary N) is 1. The molecule has 0 fully saturated rings. The largest absolute Gasteiger partial charge is 0.396 e. The van der Waals surface area contributed by atoms with Crippen LogP contribution in [0.5, 0.6) is 0 Å². The van der Waals surface area contributed by atoms with E-state index in [4.69, 9.17) is 28.9 Å². The molecule has 0 spiro atoms. The molecule has 5 aromatic rings. The number of pyridine rings is 1. The monoisotopic (exact) mass is 546 g/mol. The Morgan fingerprint density at radius 1 is 0.974 bits per heavy atom. The van der Waals surface area contributed by atoms with Gasteiger partial charge in [0.25, 0.3) is 11.8 Å². The lowest BCUT2D eigenvalue weighted by Crippen LogP contribution is -2.24. The zero-order chi connectivity index (χ0) is 26.6. The molecule has 38 heavy (non-hydrogen) atoms. The van der Waals surface area contributed by atoms with Crippen molar-refractivity contribution >= 4 is 46.5 Å². The second-order valence-electron chi connectivity index (χ2n) is 8.13. The van der Waals surface area contributed by atoms with E-state index >= 15 is 0 Å². The van der Waals surface area contributed by atoms with Gasteiger partial charge in [0.1, 0.15) is 5.82 Å². The van der Waals surface area contributed by atoms with Crippen LogP contribution in [-0.2, 0) is 6.54 Å². The highest BCUT2D eigenvalue weighted by Gasteiger charge is 2.21. The van der Waals surface area contributed by atoms with E-state index in [2.05, 4.69) is 30.9 Å². The number of carbonyl (C=O) groups is 2. The summed E-state index contributed by atoms with van der Waals surface area (Å²) in [6.07, 6.45) is 3.09. The highest BCUT2D eigenvalue weighted by molar-refractivity contribution is 6.38. The van der Waals surface area contributed by atoms with Gasteiger partial charge in [0.2, 0.25) is 0 Å². The minimum Gasteiger partial charge on any atom is -0.396 e. The van der Waals surface area contributed by atoms with Crippen molar-refractivity contribution in [2.75, 3.05) is 11.1 Å². The Bertz CT molecular complexity index is 1620. The minimum atomic E-state index is -0.516. The number of carbonyl (C=O) groups excluding carboxylic acids is 2. The molecule has 0 aliphatic heterocycles. The summed E-state index contributed by atoms with van der Waals surface area (Å²) in [5.74, 6) is -0.720. The van der Waals surface area contributed by atoms with Crippen molar-refractivity contribution in [3.63, 3.8) is 0 Å². The van der Waals surface area contributed by atoms with Gasteiger partial charge in [-0.1, -0.05) is 47.5 Å². The van der Waals surface area contributed by atoms with Crippen LogP contribution in [0.25, 0.3) is 16.9 Å². The molecule has 0 saturated carbocycles. The average molecular weight is 547 g/mol. The molecule has 2 amide bonds. The number of hydrogen-bond acceptors (Lipinski definition) is 6.